The Morgan fingerprint density at radius 3 is 3.12 bits per heavy atom. The van der Waals surface area contributed by atoms with Gasteiger partial charge in [-0.05, 0) is 34.5 Å². The molecule has 90 valence electrons. The molecule has 1 aliphatic heterocycles. The molecular formula is C13H15BrN2O. The van der Waals surface area contributed by atoms with Crippen molar-refractivity contribution < 1.29 is 4.74 Å². The highest BCUT2D eigenvalue weighted by Crippen LogP contribution is 2.34. The molecule has 3 nitrogen and oxygen atoms in total. The van der Waals surface area contributed by atoms with Crippen molar-refractivity contribution in [1.29, 1.82) is 0 Å². The van der Waals surface area contributed by atoms with Crippen molar-refractivity contribution in [2.24, 2.45) is 0 Å². The van der Waals surface area contributed by atoms with Crippen LogP contribution in [-0.2, 0) is 13.0 Å². The van der Waals surface area contributed by atoms with E-state index in [9.17, 15) is 0 Å². The van der Waals surface area contributed by atoms with Crippen LogP contribution in [0, 0.1) is 0 Å². The number of fused-ring (bicyclic) bond motifs is 3. The molecule has 0 unspecified atom stereocenters. The molecule has 4 heteroatoms. The summed E-state index contributed by atoms with van der Waals surface area (Å²) in [5.41, 5.74) is 3.93. The van der Waals surface area contributed by atoms with Crippen molar-refractivity contribution in [3.05, 3.63) is 27.9 Å². The minimum Gasteiger partial charge on any atom is -0.493 e. The van der Waals surface area contributed by atoms with Gasteiger partial charge in [-0.15, -0.1) is 0 Å². The van der Waals surface area contributed by atoms with Gasteiger partial charge in [-0.25, -0.2) is 0 Å². The number of aromatic nitrogens is 1. The molecule has 0 amide bonds. The largest absolute Gasteiger partial charge is 0.493 e. The zero-order valence-corrected chi connectivity index (χ0v) is 11.4. The number of H-pyrrole nitrogens is 1. The van der Waals surface area contributed by atoms with Crippen LogP contribution in [0.2, 0.25) is 0 Å². The van der Waals surface area contributed by atoms with Crippen LogP contribution in [0.1, 0.15) is 18.2 Å². The average molecular weight is 295 g/mol. The first-order valence-electron chi connectivity index (χ1n) is 5.96. The third kappa shape index (κ3) is 1.85. The van der Waals surface area contributed by atoms with Crippen molar-refractivity contribution in [1.82, 2.24) is 10.3 Å². The molecule has 2 heterocycles. The summed E-state index contributed by atoms with van der Waals surface area (Å²) < 4.78 is 6.62. The fourth-order valence-electron chi connectivity index (χ4n) is 2.42. The van der Waals surface area contributed by atoms with Crippen LogP contribution < -0.4 is 10.1 Å². The number of hydrogen-bond donors (Lipinski definition) is 2. The minimum absolute atomic E-state index is 0.687. The van der Waals surface area contributed by atoms with Crippen molar-refractivity contribution in [2.45, 2.75) is 19.9 Å². The van der Waals surface area contributed by atoms with Gasteiger partial charge in [0.15, 0.2) is 0 Å². The molecular weight excluding hydrogens is 280 g/mol. The molecule has 1 aromatic carbocycles. The van der Waals surface area contributed by atoms with Gasteiger partial charge in [-0.2, -0.15) is 0 Å². The van der Waals surface area contributed by atoms with E-state index in [-0.39, 0.29) is 0 Å². The van der Waals surface area contributed by atoms with Gasteiger partial charge >= 0.3 is 0 Å². The fourth-order valence-corrected chi connectivity index (χ4v) is 2.87. The number of halogens is 1. The maximum atomic E-state index is 5.59. The van der Waals surface area contributed by atoms with Gasteiger partial charge in [0.2, 0.25) is 0 Å². The molecule has 3 rings (SSSR count). The number of nitrogens with one attached hydrogen (secondary N) is 2. The summed E-state index contributed by atoms with van der Waals surface area (Å²) in [6.07, 6.45) is 1.08. The summed E-state index contributed by atoms with van der Waals surface area (Å²) in [6.45, 7) is 4.70. The second-order valence-corrected chi connectivity index (χ2v) is 5.12. The lowest BCUT2D eigenvalue weighted by Crippen LogP contribution is -2.22. The minimum atomic E-state index is 0.687. The highest BCUT2D eigenvalue weighted by atomic mass is 79.9. The van der Waals surface area contributed by atoms with E-state index in [1.165, 1.54) is 22.2 Å². The lowest BCUT2D eigenvalue weighted by Gasteiger charge is -2.12. The van der Waals surface area contributed by atoms with E-state index in [2.05, 4.69) is 38.4 Å². The molecule has 0 aliphatic carbocycles. The fraction of sp³-hybridized carbons (Fsp3) is 0.385. The maximum absolute atomic E-state index is 5.59. The Bertz CT molecular complexity index is 562. The van der Waals surface area contributed by atoms with Gasteiger partial charge in [0.1, 0.15) is 5.75 Å². The van der Waals surface area contributed by atoms with Crippen LogP contribution in [0.5, 0.6) is 5.75 Å². The van der Waals surface area contributed by atoms with E-state index in [0.29, 0.717) is 6.61 Å². The summed E-state index contributed by atoms with van der Waals surface area (Å²) in [7, 11) is 0. The molecule has 0 saturated heterocycles. The molecule has 0 atom stereocenters. The van der Waals surface area contributed by atoms with Gasteiger partial charge in [0.25, 0.3) is 0 Å². The van der Waals surface area contributed by atoms with Crippen LogP contribution in [0.3, 0.4) is 0 Å². The van der Waals surface area contributed by atoms with E-state index in [1.54, 1.807) is 0 Å². The summed E-state index contributed by atoms with van der Waals surface area (Å²) in [4.78, 5) is 3.50. The Labute approximate surface area is 109 Å². The van der Waals surface area contributed by atoms with Crippen molar-refractivity contribution in [3.63, 3.8) is 0 Å². The van der Waals surface area contributed by atoms with Crippen LogP contribution in [0.4, 0.5) is 0 Å². The van der Waals surface area contributed by atoms with Crippen LogP contribution in [-0.4, -0.2) is 18.1 Å². The number of hydrogen-bond acceptors (Lipinski definition) is 2. The van der Waals surface area contributed by atoms with Crippen LogP contribution in [0.25, 0.3) is 10.9 Å². The lowest BCUT2D eigenvalue weighted by atomic mass is 10.1. The third-order valence-corrected chi connectivity index (χ3v) is 3.82. The maximum Gasteiger partial charge on any atom is 0.135 e. The molecule has 0 spiro atoms. The predicted molar refractivity (Wildman–Crippen MR) is 72.6 cm³/mol. The highest BCUT2D eigenvalue weighted by Gasteiger charge is 2.16. The number of ether oxygens (including phenoxy) is 1. The molecule has 1 aliphatic rings. The zero-order valence-electron chi connectivity index (χ0n) is 9.77. The van der Waals surface area contributed by atoms with Gasteiger partial charge in [0.05, 0.1) is 11.1 Å². The van der Waals surface area contributed by atoms with Crippen LogP contribution in [0.15, 0.2) is 16.6 Å². The van der Waals surface area contributed by atoms with Crippen molar-refractivity contribution in [2.75, 3.05) is 13.2 Å². The van der Waals surface area contributed by atoms with Gasteiger partial charge in [-0.1, -0.05) is 0 Å². The summed E-state index contributed by atoms with van der Waals surface area (Å²) in [5, 5.41) is 4.71. The summed E-state index contributed by atoms with van der Waals surface area (Å²) >= 11 is 3.57. The van der Waals surface area contributed by atoms with E-state index in [1.807, 2.05) is 6.92 Å². The molecule has 0 radical (unpaired) electrons. The molecule has 1 aromatic heterocycles. The second kappa shape index (κ2) is 4.35. The lowest BCUT2D eigenvalue weighted by molar-refractivity contribution is 0.338. The first kappa shape index (κ1) is 11.1. The predicted octanol–water partition coefficient (Wildman–Crippen LogP) is 2.97. The molecule has 2 N–H and O–H groups in total. The molecule has 2 aromatic rings. The van der Waals surface area contributed by atoms with Crippen LogP contribution >= 0.6 is 15.9 Å². The normalized spacial score (nSPS) is 14.9. The topological polar surface area (TPSA) is 37.0 Å². The van der Waals surface area contributed by atoms with Crippen molar-refractivity contribution in [3.8, 4) is 5.75 Å². The standard InChI is InChI=1S/C13H15BrN2O/c1-2-17-13-6-12-8(5-10(13)14)9-7-15-4-3-11(9)16-12/h5-6,15-16H,2-4,7H2,1H3. The van der Waals surface area contributed by atoms with E-state index < -0.39 is 0 Å². The number of aromatic amines is 1. The Kier molecular flexibility index (Phi) is 2.84. The molecule has 0 fully saturated rings. The van der Waals surface area contributed by atoms with Gasteiger partial charge < -0.3 is 15.0 Å². The number of rotatable bonds is 2. The molecule has 0 saturated carbocycles. The Hall–Kier alpha value is -1.00. The summed E-state index contributed by atoms with van der Waals surface area (Å²) in [5.74, 6) is 0.909. The number of benzene rings is 1. The summed E-state index contributed by atoms with van der Waals surface area (Å²) in [6, 6.07) is 4.24. The molecule has 0 bridgehead atoms. The first-order chi connectivity index (χ1) is 8.29. The van der Waals surface area contributed by atoms with Crippen molar-refractivity contribution >= 4 is 26.8 Å². The SMILES string of the molecule is CCOc1cc2[nH]c3c(c2cc1Br)CNCC3. The Morgan fingerprint density at radius 2 is 2.29 bits per heavy atom. The second-order valence-electron chi connectivity index (χ2n) is 4.27. The molecule has 17 heavy (non-hydrogen) atoms. The Morgan fingerprint density at radius 1 is 1.41 bits per heavy atom. The zero-order chi connectivity index (χ0) is 11.8. The Balaban J connectivity index is 2.17. The quantitative estimate of drug-likeness (QED) is 0.893. The first-order valence-corrected chi connectivity index (χ1v) is 6.75. The average Bonchev–Trinajstić information content (AvgIpc) is 2.68. The van der Waals surface area contributed by atoms with E-state index in [4.69, 9.17) is 4.74 Å². The highest BCUT2D eigenvalue weighted by molar-refractivity contribution is 9.10. The smallest absolute Gasteiger partial charge is 0.135 e. The van der Waals surface area contributed by atoms with Gasteiger partial charge in [0, 0.05) is 42.2 Å². The van der Waals surface area contributed by atoms with Gasteiger partial charge in [-0.3, -0.25) is 0 Å². The van der Waals surface area contributed by atoms with E-state index in [0.717, 1.165) is 29.7 Å². The van der Waals surface area contributed by atoms with E-state index >= 15 is 0 Å². The third-order valence-electron chi connectivity index (χ3n) is 3.20. The monoisotopic (exact) mass is 294 g/mol.